The highest BCUT2D eigenvalue weighted by Gasteiger charge is 2.28. The Kier molecular flexibility index (Phi) is 6.44. The van der Waals surface area contributed by atoms with Crippen LogP contribution in [0, 0.1) is 0 Å². The van der Waals surface area contributed by atoms with Crippen molar-refractivity contribution in [3.63, 3.8) is 0 Å². The van der Waals surface area contributed by atoms with Gasteiger partial charge in [-0.15, -0.1) is 0 Å². The number of nitrogens with two attached hydrogens (primary N) is 1. The molecule has 0 unspecified atom stereocenters. The average Bonchev–Trinajstić information content (AvgIpc) is 2.39. The van der Waals surface area contributed by atoms with E-state index in [1.54, 1.807) is 20.8 Å². The standard InChI is InChI=1S/C16H27N3O3S/c1-12(2)22-14-8-6-13(7-9-14)19-15(17)18-10-11-23(20,21)16(3,4)5/h6-9,12H,10-11H2,1-5H3,(H3,17,18,19). The van der Waals surface area contributed by atoms with E-state index in [-0.39, 0.29) is 24.4 Å². The van der Waals surface area contributed by atoms with Gasteiger partial charge in [-0.3, -0.25) is 4.99 Å². The lowest BCUT2D eigenvalue weighted by molar-refractivity contribution is 0.242. The summed E-state index contributed by atoms with van der Waals surface area (Å²) in [6, 6.07) is 7.32. The van der Waals surface area contributed by atoms with Crippen molar-refractivity contribution in [2.24, 2.45) is 10.7 Å². The summed E-state index contributed by atoms with van der Waals surface area (Å²) in [5.41, 5.74) is 6.54. The van der Waals surface area contributed by atoms with Crippen molar-refractivity contribution >= 4 is 21.5 Å². The Morgan fingerprint density at radius 1 is 1.26 bits per heavy atom. The van der Waals surface area contributed by atoms with E-state index in [9.17, 15) is 8.42 Å². The predicted octanol–water partition coefficient (Wildman–Crippen LogP) is 2.41. The Morgan fingerprint density at radius 3 is 2.30 bits per heavy atom. The van der Waals surface area contributed by atoms with Crippen LogP contribution in [0.4, 0.5) is 5.69 Å². The molecule has 6 nitrogen and oxygen atoms in total. The number of aliphatic imine (C=N–C) groups is 1. The fourth-order valence-corrected chi connectivity index (χ4v) is 2.61. The summed E-state index contributed by atoms with van der Waals surface area (Å²) in [6.45, 7) is 9.08. The van der Waals surface area contributed by atoms with Gasteiger partial charge in [-0.25, -0.2) is 8.42 Å². The minimum absolute atomic E-state index is 0.0277. The van der Waals surface area contributed by atoms with E-state index in [2.05, 4.69) is 10.3 Å². The van der Waals surface area contributed by atoms with Crippen molar-refractivity contribution < 1.29 is 13.2 Å². The third kappa shape index (κ3) is 6.48. The number of benzene rings is 1. The number of sulfone groups is 1. The molecule has 1 aromatic carbocycles. The molecule has 0 bridgehead atoms. The van der Waals surface area contributed by atoms with Gasteiger partial charge in [-0.1, -0.05) is 0 Å². The normalized spacial score (nSPS) is 13.2. The van der Waals surface area contributed by atoms with Crippen molar-refractivity contribution in [1.29, 1.82) is 0 Å². The monoisotopic (exact) mass is 341 g/mol. The SMILES string of the molecule is CC(C)Oc1ccc(NC(N)=NCCS(=O)(=O)C(C)(C)C)cc1. The Morgan fingerprint density at radius 2 is 1.83 bits per heavy atom. The Balaban J connectivity index is 2.57. The van der Waals surface area contributed by atoms with Crippen LogP contribution >= 0.6 is 0 Å². The Hall–Kier alpha value is -1.76. The van der Waals surface area contributed by atoms with Gasteiger partial charge in [0.05, 0.1) is 23.1 Å². The van der Waals surface area contributed by atoms with Gasteiger partial charge in [-0.2, -0.15) is 0 Å². The van der Waals surface area contributed by atoms with E-state index < -0.39 is 14.6 Å². The molecule has 0 saturated carbocycles. The summed E-state index contributed by atoms with van der Waals surface area (Å²) in [5.74, 6) is 0.934. The van der Waals surface area contributed by atoms with Gasteiger partial charge in [0, 0.05) is 5.69 Å². The molecule has 0 radical (unpaired) electrons. The minimum Gasteiger partial charge on any atom is -0.491 e. The zero-order valence-corrected chi connectivity index (χ0v) is 15.3. The molecule has 1 rings (SSSR count). The third-order valence-electron chi connectivity index (χ3n) is 3.07. The summed E-state index contributed by atoms with van der Waals surface area (Å²) in [6.07, 6.45) is 0.116. The van der Waals surface area contributed by atoms with E-state index in [1.165, 1.54) is 0 Å². The number of guanidine groups is 1. The van der Waals surface area contributed by atoms with Crippen LogP contribution in [-0.4, -0.2) is 37.5 Å². The van der Waals surface area contributed by atoms with E-state index >= 15 is 0 Å². The second-order valence-corrected chi connectivity index (χ2v) is 9.38. The first-order valence-corrected chi connectivity index (χ1v) is 9.22. The van der Waals surface area contributed by atoms with Gasteiger partial charge in [0.15, 0.2) is 15.8 Å². The van der Waals surface area contributed by atoms with Crippen molar-refractivity contribution in [2.45, 2.75) is 45.5 Å². The molecule has 0 spiro atoms. The fraction of sp³-hybridized carbons (Fsp3) is 0.562. The van der Waals surface area contributed by atoms with Crippen LogP contribution in [0.1, 0.15) is 34.6 Å². The van der Waals surface area contributed by atoms with Gasteiger partial charge in [0.1, 0.15) is 5.75 Å². The quantitative estimate of drug-likeness (QED) is 0.612. The van der Waals surface area contributed by atoms with Crippen LogP contribution < -0.4 is 15.8 Å². The van der Waals surface area contributed by atoms with Crippen molar-refractivity contribution in [3.05, 3.63) is 24.3 Å². The number of nitrogens with zero attached hydrogens (tertiary/aromatic N) is 1. The maximum absolute atomic E-state index is 12.0. The Labute approximate surface area is 139 Å². The molecule has 130 valence electrons. The lowest BCUT2D eigenvalue weighted by atomic mass is 10.3. The molecule has 0 aliphatic rings. The molecule has 0 aromatic heterocycles. The second-order valence-electron chi connectivity index (χ2n) is 6.51. The van der Waals surface area contributed by atoms with Crippen LogP contribution in [0.5, 0.6) is 5.75 Å². The van der Waals surface area contributed by atoms with Gasteiger partial charge < -0.3 is 15.8 Å². The lowest BCUT2D eigenvalue weighted by Gasteiger charge is -2.18. The summed E-state index contributed by atoms with van der Waals surface area (Å²) >= 11 is 0. The molecule has 1 aromatic rings. The highest BCUT2D eigenvalue weighted by atomic mass is 32.2. The first kappa shape index (κ1) is 19.3. The van der Waals surface area contributed by atoms with E-state index in [1.807, 2.05) is 38.1 Å². The minimum atomic E-state index is -3.19. The summed E-state index contributed by atoms with van der Waals surface area (Å²) in [7, 11) is -3.19. The molecule has 0 aliphatic heterocycles. The first-order valence-electron chi connectivity index (χ1n) is 7.57. The molecule has 0 fully saturated rings. The number of ether oxygens (including phenoxy) is 1. The first-order chi connectivity index (χ1) is 10.5. The molecule has 0 saturated heterocycles. The molecule has 3 N–H and O–H groups in total. The number of anilines is 1. The predicted molar refractivity (Wildman–Crippen MR) is 95.9 cm³/mol. The molecule has 7 heteroatoms. The zero-order valence-electron chi connectivity index (χ0n) is 14.5. The molecular weight excluding hydrogens is 314 g/mol. The smallest absolute Gasteiger partial charge is 0.193 e. The van der Waals surface area contributed by atoms with E-state index in [4.69, 9.17) is 10.5 Å². The van der Waals surface area contributed by atoms with Crippen LogP contribution in [-0.2, 0) is 9.84 Å². The number of rotatable bonds is 6. The van der Waals surface area contributed by atoms with Crippen LogP contribution in [0.2, 0.25) is 0 Å². The topological polar surface area (TPSA) is 93.8 Å². The molecule has 0 amide bonds. The van der Waals surface area contributed by atoms with Crippen LogP contribution in [0.15, 0.2) is 29.3 Å². The summed E-state index contributed by atoms with van der Waals surface area (Å²) in [4.78, 5) is 4.06. The average molecular weight is 341 g/mol. The van der Waals surface area contributed by atoms with Gasteiger partial charge >= 0.3 is 0 Å². The molecule has 23 heavy (non-hydrogen) atoms. The van der Waals surface area contributed by atoms with Crippen molar-refractivity contribution in [1.82, 2.24) is 0 Å². The maximum atomic E-state index is 12.0. The zero-order chi connectivity index (χ0) is 17.7. The lowest BCUT2D eigenvalue weighted by Crippen LogP contribution is -2.32. The Bertz CT molecular complexity index is 630. The van der Waals surface area contributed by atoms with E-state index in [0.29, 0.717) is 0 Å². The highest BCUT2D eigenvalue weighted by molar-refractivity contribution is 7.92. The summed E-state index contributed by atoms with van der Waals surface area (Å²) < 4.78 is 28.7. The van der Waals surface area contributed by atoms with Crippen molar-refractivity contribution in [2.75, 3.05) is 17.6 Å². The molecule has 0 atom stereocenters. The second kappa shape index (κ2) is 7.68. The number of nitrogens with one attached hydrogen (secondary N) is 1. The van der Waals surface area contributed by atoms with Gasteiger partial charge in [0.2, 0.25) is 0 Å². The van der Waals surface area contributed by atoms with E-state index in [0.717, 1.165) is 11.4 Å². The summed E-state index contributed by atoms with van der Waals surface area (Å²) in [5, 5.41) is 2.92. The third-order valence-corrected chi connectivity index (χ3v) is 5.66. The number of hydrogen-bond acceptors (Lipinski definition) is 4. The largest absolute Gasteiger partial charge is 0.491 e. The van der Waals surface area contributed by atoms with Crippen molar-refractivity contribution in [3.8, 4) is 5.75 Å². The molecular formula is C16H27N3O3S. The fourth-order valence-electron chi connectivity index (χ4n) is 1.67. The molecule has 0 heterocycles. The number of hydrogen-bond donors (Lipinski definition) is 2. The van der Waals surface area contributed by atoms with Crippen LogP contribution in [0.25, 0.3) is 0 Å². The van der Waals surface area contributed by atoms with Gasteiger partial charge in [0.25, 0.3) is 0 Å². The van der Waals surface area contributed by atoms with Crippen LogP contribution in [0.3, 0.4) is 0 Å². The maximum Gasteiger partial charge on any atom is 0.193 e. The van der Waals surface area contributed by atoms with Gasteiger partial charge in [-0.05, 0) is 58.9 Å². The molecule has 0 aliphatic carbocycles. The highest BCUT2D eigenvalue weighted by Crippen LogP contribution is 2.17.